The standard InChI is InChI=1S/C23H17F6NO/c24-22(25,26)16-6-1-5-15(12-16)20-11-10-19-18(8-3-9-21(19)30-20)14-4-2-7-17(13-14)31-23(27,28)29/h1-9,12-13,20,30H,10-11H2. The van der Waals surface area contributed by atoms with Gasteiger partial charge in [0.2, 0.25) is 0 Å². The number of hydrogen-bond acceptors (Lipinski definition) is 2. The topological polar surface area (TPSA) is 21.3 Å². The van der Waals surface area contributed by atoms with Crippen LogP contribution in [0.3, 0.4) is 0 Å². The summed E-state index contributed by atoms with van der Waals surface area (Å²) in [5, 5.41) is 3.28. The molecule has 0 bridgehead atoms. The van der Waals surface area contributed by atoms with Crippen molar-refractivity contribution in [1.82, 2.24) is 0 Å². The lowest BCUT2D eigenvalue weighted by Crippen LogP contribution is -2.19. The Bertz CT molecular complexity index is 1090. The van der Waals surface area contributed by atoms with Crippen molar-refractivity contribution >= 4 is 5.69 Å². The largest absolute Gasteiger partial charge is 0.573 e. The average Bonchev–Trinajstić information content (AvgIpc) is 2.71. The number of ether oxygens (including phenoxy) is 1. The highest BCUT2D eigenvalue weighted by atomic mass is 19.4. The van der Waals surface area contributed by atoms with Crippen LogP contribution in [0.15, 0.2) is 66.7 Å². The Hall–Kier alpha value is -3.16. The van der Waals surface area contributed by atoms with Crippen LogP contribution in [0.25, 0.3) is 11.1 Å². The van der Waals surface area contributed by atoms with Gasteiger partial charge in [0.25, 0.3) is 0 Å². The maximum atomic E-state index is 13.0. The lowest BCUT2D eigenvalue weighted by Gasteiger charge is -2.29. The van der Waals surface area contributed by atoms with E-state index in [1.54, 1.807) is 24.3 Å². The van der Waals surface area contributed by atoms with Gasteiger partial charge in [-0.2, -0.15) is 13.2 Å². The lowest BCUT2D eigenvalue weighted by atomic mass is 9.88. The normalized spacial score (nSPS) is 16.4. The second kappa shape index (κ2) is 7.83. The second-order valence-corrected chi connectivity index (χ2v) is 7.27. The SMILES string of the molecule is FC(F)(F)Oc1cccc(-c2cccc3c2CCC(c2cccc(C(F)(F)F)c2)N3)c1. The van der Waals surface area contributed by atoms with Crippen LogP contribution in [0, 0.1) is 0 Å². The molecule has 1 unspecified atom stereocenters. The molecule has 0 saturated heterocycles. The monoisotopic (exact) mass is 437 g/mol. The van der Waals surface area contributed by atoms with Gasteiger partial charge in [-0.05, 0) is 65.4 Å². The minimum Gasteiger partial charge on any atom is -0.406 e. The first-order valence-corrected chi connectivity index (χ1v) is 9.52. The van der Waals surface area contributed by atoms with E-state index in [1.165, 1.54) is 24.3 Å². The molecule has 1 heterocycles. The summed E-state index contributed by atoms with van der Waals surface area (Å²) in [4.78, 5) is 0. The number of hydrogen-bond donors (Lipinski definition) is 1. The number of benzene rings is 3. The molecular formula is C23H17F6NO. The third-order valence-electron chi connectivity index (χ3n) is 5.18. The molecule has 31 heavy (non-hydrogen) atoms. The van der Waals surface area contributed by atoms with Gasteiger partial charge in [-0.15, -0.1) is 13.2 Å². The molecule has 0 saturated carbocycles. The molecule has 3 aromatic rings. The summed E-state index contributed by atoms with van der Waals surface area (Å²) in [5.41, 5.74) is 2.79. The summed E-state index contributed by atoms with van der Waals surface area (Å²) in [6.45, 7) is 0. The van der Waals surface area contributed by atoms with Crippen LogP contribution >= 0.6 is 0 Å². The fourth-order valence-electron chi connectivity index (χ4n) is 3.85. The molecule has 0 aromatic heterocycles. The van der Waals surface area contributed by atoms with Crippen molar-refractivity contribution in [3.05, 3.63) is 83.4 Å². The van der Waals surface area contributed by atoms with Crippen LogP contribution in [0.1, 0.15) is 29.2 Å². The molecule has 162 valence electrons. The number of alkyl halides is 6. The van der Waals surface area contributed by atoms with E-state index in [-0.39, 0.29) is 11.8 Å². The van der Waals surface area contributed by atoms with Crippen LogP contribution in [-0.2, 0) is 12.6 Å². The average molecular weight is 437 g/mol. The molecule has 0 radical (unpaired) electrons. The Kier molecular flexibility index (Phi) is 5.33. The van der Waals surface area contributed by atoms with Gasteiger partial charge in [0, 0.05) is 5.69 Å². The number of fused-ring (bicyclic) bond motifs is 1. The highest BCUT2D eigenvalue weighted by Gasteiger charge is 2.32. The fraction of sp³-hybridized carbons (Fsp3) is 0.217. The fourth-order valence-corrected chi connectivity index (χ4v) is 3.85. The molecular weight excluding hydrogens is 420 g/mol. The molecule has 1 aliphatic rings. The Morgan fingerprint density at radius 3 is 2.32 bits per heavy atom. The van der Waals surface area contributed by atoms with Crippen LogP contribution in [-0.4, -0.2) is 6.36 Å². The third kappa shape index (κ3) is 4.78. The van der Waals surface area contributed by atoms with E-state index in [0.717, 1.165) is 28.9 Å². The summed E-state index contributed by atoms with van der Waals surface area (Å²) in [7, 11) is 0. The quantitative estimate of drug-likeness (QED) is 0.432. The lowest BCUT2D eigenvalue weighted by molar-refractivity contribution is -0.274. The van der Waals surface area contributed by atoms with E-state index in [2.05, 4.69) is 10.1 Å². The smallest absolute Gasteiger partial charge is 0.406 e. The van der Waals surface area contributed by atoms with E-state index >= 15 is 0 Å². The molecule has 1 aliphatic heterocycles. The van der Waals surface area contributed by atoms with E-state index in [0.29, 0.717) is 24.0 Å². The first-order chi connectivity index (χ1) is 14.6. The van der Waals surface area contributed by atoms with Crippen molar-refractivity contribution in [3.8, 4) is 16.9 Å². The zero-order valence-electron chi connectivity index (χ0n) is 16.0. The van der Waals surface area contributed by atoms with Crippen molar-refractivity contribution in [2.75, 3.05) is 5.32 Å². The highest BCUT2D eigenvalue weighted by molar-refractivity contribution is 5.76. The predicted octanol–water partition coefficient (Wildman–Crippen LogP) is 7.37. The van der Waals surface area contributed by atoms with Gasteiger partial charge in [-0.3, -0.25) is 0 Å². The Morgan fingerprint density at radius 2 is 1.58 bits per heavy atom. The molecule has 0 aliphatic carbocycles. The zero-order valence-corrected chi connectivity index (χ0v) is 16.0. The van der Waals surface area contributed by atoms with Gasteiger partial charge >= 0.3 is 12.5 Å². The van der Waals surface area contributed by atoms with E-state index < -0.39 is 18.1 Å². The summed E-state index contributed by atoms with van der Waals surface area (Å²) >= 11 is 0. The van der Waals surface area contributed by atoms with Crippen molar-refractivity contribution < 1.29 is 31.1 Å². The van der Waals surface area contributed by atoms with Gasteiger partial charge in [0.05, 0.1) is 11.6 Å². The highest BCUT2D eigenvalue weighted by Crippen LogP contribution is 2.40. The van der Waals surface area contributed by atoms with Crippen LogP contribution in [0.4, 0.5) is 32.0 Å². The first-order valence-electron chi connectivity index (χ1n) is 9.52. The minimum absolute atomic E-state index is 0.301. The number of anilines is 1. The second-order valence-electron chi connectivity index (χ2n) is 7.27. The maximum absolute atomic E-state index is 13.0. The Labute approximate surface area is 174 Å². The van der Waals surface area contributed by atoms with Crippen LogP contribution < -0.4 is 10.1 Å². The zero-order chi connectivity index (χ0) is 22.2. The van der Waals surface area contributed by atoms with Crippen molar-refractivity contribution in [3.63, 3.8) is 0 Å². The van der Waals surface area contributed by atoms with E-state index in [1.807, 2.05) is 6.07 Å². The van der Waals surface area contributed by atoms with E-state index in [9.17, 15) is 26.3 Å². The van der Waals surface area contributed by atoms with Crippen molar-refractivity contribution in [2.45, 2.75) is 31.4 Å². The van der Waals surface area contributed by atoms with E-state index in [4.69, 9.17) is 0 Å². The third-order valence-corrected chi connectivity index (χ3v) is 5.18. The molecule has 0 fully saturated rings. The molecule has 8 heteroatoms. The van der Waals surface area contributed by atoms with Gasteiger partial charge in [-0.1, -0.05) is 36.4 Å². The summed E-state index contributed by atoms with van der Waals surface area (Å²) < 4.78 is 80.8. The van der Waals surface area contributed by atoms with Crippen LogP contribution in [0.5, 0.6) is 5.75 Å². The molecule has 1 atom stereocenters. The Morgan fingerprint density at radius 1 is 0.839 bits per heavy atom. The summed E-state index contributed by atoms with van der Waals surface area (Å²) in [6, 6.07) is 16.0. The van der Waals surface area contributed by atoms with Crippen molar-refractivity contribution in [1.29, 1.82) is 0 Å². The number of nitrogens with one attached hydrogen (secondary N) is 1. The Balaban J connectivity index is 1.63. The molecule has 1 N–H and O–H groups in total. The first kappa shape index (κ1) is 21.1. The predicted molar refractivity (Wildman–Crippen MR) is 105 cm³/mol. The van der Waals surface area contributed by atoms with Gasteiger partial charge in [0.15, 0.2) is 0 Å². The number of halogens is 6. The molecule has 4 rings (SSSR count). The molecule has 0 amide bonds. The minimum atomic E-state index is -4.78. The molecule has 3 aromatic carbocycles. The number of rotatable bonds is 3. The molecule has 0 spiro atoms. The van der Waals surface area contributed by atoms with Crippen LogP contribution in [0.2, 0.25) is 0 Å². The summed E-state index contributed by atoms with van der Waals surface area (Å²) in [6.07, 6.45) is -8.10. The maximum Gasteiger partial charge on any atom is 0.573 e. The van der Waals surface area contributed by atoms with Gasteiger partial charge in [-0.25, -0.2) is 0 Å². The summed E-state index contributed by atoms with van der Waals surface area (Å²) in [5.74, 6) is -0.312. The van der Waals surface area contributed by atoms with Gasteiger partial charge < -0.3 is 10.1 Å². The van der Waals surface area contributed by atoms with Crippen molar-refractivity contribution in [2.24, 2.45) is 0 Å². The molecule has 2 nitrogen and oxygen atoms in total. The van der Waals surface area contributed by atoms with Gasteiger partial charge in [0.1, 0.15) is 5.75 Å².